The van der Waals surface area contributed by atoms with Crippen LogP contribution in [-0.4, -0.2) is 43.3 Å². The average molecular weight is 393 g/mol. The van der Waals surface area contributed by atoms with E-state index in [2.05, 4.69) is 5.32 Å². The van der Waals surface area contributed by atoms with E-state index in [-0.39, 0.29) is 12.5 Å². The molecule has 0 unspecified atom stereocenters. The number of nitrogens with one attached hydrogen (secondary N) is 1. The number of hydrogen-bond acceptors (Lipinski definition) is 4. The van der Waals surface area contributed by atoms with Gasteiger partial charge in [0.15, 0.2) is 5.66 Å². The minimum absolute atomic E-state index is 0.210. The highest BCUT2D eigenvalue weighted by Gasteiger charge is 2.56. The number of carbonyl (C=O) groups is 3. The highest BCUT2D eigenvalue weighted by atomic mass is 35.6. The Hall–Kier alpha value is -1.70. The lowest BCUT2D eigenvalue weighted by atomic mass is 10.0. The number of amides is 2. The second-order valence-corrected chi connectivity index (χ2v) is 7.64. The Morgan fingerprint density at radius 3 is 2.75 bits per heavy atom. The van der Waals surface area contributed by atoms with Gasteiger partial charge in [-0.25, -0.2) is 0 Å². The summed E-state index contributed by atoms with van der Waals surface area (Å²) in [6.45, 7) is 1.44. The number of hydrogen-bond donors (Lipinski definition) is 1. The van der Waals surface area contributed by atoms with Gasteiger partial charge in [-0.3, -0.25) is 14.4 Å². The number of carbonyl (C=O) groups excluding carboxylic acids is 3. The standard InChI is InChI=1S/C14H12Cl3N3O4/c1-8(21)24-12-13(18-11(23)14(15,16)17)5-3-7-20(13)10(22)9-4-2-6-19(9)12/h2-6,12H,7H2,1H3,(H,18,23)/t12-,13+/m1/s1. The summed E-state index contributed by atoms with van der Waals surface area (Å²) < 4.78 is 4.62. The summed E-state index contributed by atoms with van der Waals surface area (Å²) in [5.41, 5.74) is -1.15. The Kier molecular flexibility index (Phi) is 4.06. The Morgan fingerprint density at radius 2 is 2.12 bits per heavy atom. The van der Waals surface area contributed by atoms with Gasteiger partial charge < -0.3 is 19.5 Å². The summed E-state index contributed by atoms with van der Waals surface area (Å²) in [6.07, 6.45) is 3.76. The number of esters is 1. The molecule has 1 aromatic rings. The van der Waals surface area contributed by atoms with E-state index in [4.69, 9.17) is 39.5 Å². The van der Waals surface area contributed by atoms with Gasteiger partial charge in [-0.1, -0.05) is 40.9 Å². The molecule has 3 rings (SSSR count). The number of halogens is 3. The SMILES string of the molecule is CC(=O)O[C@H]1n2cccc2C(=O)N2CC=C[C@@]12NC(=O)C(Cl)(Cl)Cl. The number of rotatable bonds is 2. The van der Waals surface area contributed by atoms with Crippen molar-refractivity contribution in [3.05, 3.63) is 36.2 Å². The van der Waals surface area contributed by atoms with Gasteiger partial charge in [0.1, 0.15) is 5.69 Å². The van der Waals surface area contributed by atoms with Crippen molar-refractivity contribution in [1.29, 1.82) is 0 Å². The van der Waals surface area contributed by atoms with E-state index in [1.807, 2.05) is 0 Å². The van der Waals surface area contributed by atoms with Gasteiger partial charge >= 0.3 is 5.97 Å². The van der Waals surface area contributed by atoms with Gasteiger partial charge in [-0.15, -0.1) is 0 Å². The number of ether oxygens (including phenoxy) is 1. The van der Waals surface area contributed by atoms with E-state index in [1.165, 1.54) is 16.4 Å². The van der Waals surface area contributed by atoms with Crippen molar-refractivity contribution in [2.75, 3.05) is 6.54 Å². The van der Waals surface area contributed by atoms with Crippen molar-refractivity contribution >= 4 is 52.6 Å². The van der Waals surface area contributed by atoms with Gasteiger partial charge in [0.05, 0.1) is 0 Å². The molecule has 0 aromatic carbocycles. The summed E-state index contributed by atoms with van der Waals surface area (Å²) in [7, 11) is 0. The van der Waals surface area contributed by atoms with E-state index >= 15 is 0 Å². The summed E-state index contributed by atoms with van der Waals surface area (Å²) in [5.74, 6) is -1.88. The van der Waals surface area contributed by atoms with Crippen molar-refractivity contribution in [1.82, 2.24) is 14.8 Å². The minimum Gasteiger partial charge on any atom is -0.436 e. The monoisotopic (exact) mass is 391 g/mol. The molecule has 2 atom stereocenters. The van der Waals surface area contributed by atoms with E-state index in [9.17, 15) is 14.4 Å². The van der Waals surface area contributed by atoms with Crippen LogP contribution in [0.1, 0.15) is 23.6 Å². The Morgan fingerprint density at radius 1 is 1.42 bits per heavy atom. The zero-order valence-corrected chi connectivity index (χ0v) is 14.6. The summed E-state index contributed by atoms with van der Waals surface area (Å²) in [6, 6.07) is 3.23. The van der Waals surface area contributed by atoms with Crippen LogP contribution in [-0.2, 0) is 14.3 Å². The van der Waals surface area contributed by atoms with Gasteiger partial charge in [0, 0.05) is 19.7 Å². The lowest BCUT2D eigenvalue weighted by molar-refractivity contribution is -0.165. The average Bonchev–Trinajstić information content (AvgIpc) is 3.09. The van der Waals surface area contributed by atoms with E-state index in [1.54, 1.807) is 30.5 Å². The van der Waals surface area contributed by atoms with Crippen molar-refractivity contribution in [3.8, 4) is 0 Å². The first-order valence-electron chi connectivity index (χ1n) is 6.90. The zero-order chi connectivity index (χ0) is 17.7. The molecule has 0 saturated heterocycles. The van der Waals surface area contributed by atoms with Gasteiger partial charge in [-0.2, -0.15) is 0 Å². The van der Waals surface area contributed by atoms with Crippen molar-refractivity contribution in [2.24, 2.45) is 0 Å². The molecule has 2 aliphatic rings. The Bertz CT molecular complexity index is 755. The smallest absolute Gasteiger partial charge is 0.304 e. The maximum absolute atomic E-state index is 12.7. The molecule has 7 nitrogen and oxygen atoms in total. The largest absolute Gasteiger partial charge is 0.436 e. The van der Waals surface area contributed by atoms with Crippen molar-refractivity contribution in [2.45, 2.75) is 22.6 Å². The molecule has 0 aliphatic carbocycles. The number of fused-ring (bicyclic) bond motifs is 2. The molecule has 0 saturated carbocycles. The van der Waals surface area contributed by atoms with Crippen LogP contribution in [0.15, 0.2) is 30.5 Å². The Balaban J connectivity index is 2.12. The molecule has 0 fully saturated rings. The molecule has 24 heavy (non-hydrogen) atoms. The minimum atomic E-state index is -2.24. The first kappa shape index (κ1) is 17.1. The Labute approximate surface area is 152 Å². The molecule has 0 bridgehead atoms. The fraction of sp³-hybridized carbons (Fsp3) is 0.357. The molecule has 10 heteroatoms. The molecule has 1 aromatic heterocycles. The van der Waals surface area contributed by atoms with E-state index in [0.29, 0.717) is 5.69 Å². The van der Waals surface area contributed by atoms with Crippen LogP contribution in [0.3, 0.4) is 0 Å². The maximum atomic E-state index is 12.7. The van der Waals surface area contributed by atoms with Crippen LogP contribution in [0.4, 0.5) is 0 Å². The molecular weight excluding hydrogens is 381 g/mol. The third-order valence-corrected chi connectivity index (χ3v) is 4.34. The van der Waals surface area contributed by atoms with Gasteiger partial charge in [-0.05, 0) is 18.2 Å². The zero-order valence-electron chi connectivity index (χ0n) is 12.3. The molecule has 128 valence electrons. The molecular formula is C14H12Cl3N3O4. The van der Waals surface area contributed by atoms with Gasteiger partial charge in [0.25, 0.3) is 15.6 Å². The maximum Gasteiger partial charge on any atom is 0.304 e. The number of aromatic nitrogens is 1. The van der Waals surface area contributed by atoms with Crippen LogP contribution in [0.2, 0.25) is 0 Å². The first-order valence-corrected chi connectivity index (χ1v) is 8.03. The third kappa shape index (κ3) is 2.56. The van der Waals surface area contributed by atoms with E-state index < -0.39 is 27.6 Å². The van der Waals surface area contributed by atoms with Crippen molar-refractivity contribution in [3.63, 3.8) is 0 Å². The third-order valence-electron chi connectivity index (χ3n) is 3.83. The second kappa shape index (κ2) is 5.68. The highest BCUT2D eigenvalue weighted by Crippen LogP contribution is 2.40. The predicted octanol–water partition coefficient (Wildman–Crippen LogP) is 1.76. The van der Waals surface area contributed by atoms with Crippen LogP contribution in [0.25, 0.3) is 0 Å². The highest BCUT2D eigenvalue weighted by molar-refractivity contribution is 6.76. The summed E-state index contributed by atoms with van der Waals surface area (Å²) >= 11 is 16.9. The lowest BCUT2D eigenvalue weighted by Crippen LogP contribution is -2.68. The van der Waals surface area contributed by atoms with Crippen LogP contribution < -0.4 is 5.32 Å². The lowest BCUT2D eigenvalue weighted by Gasteiger charge is -2.47. The fourth-order valence-corrected chi connectivity index (χ4v) is 3.04. The van der Waals surface area contributed by atoms with Crippen LogP contribution in [0.5, 0.6) is 0 Å². The number of alkyl halides is 3. The summed E-state index contributed by atoms with van der Waals surface area (Å²) in [4.78, 5) is 37.9. The van der Waals surface area contributed by atoms with Crippen LogP contribution >= 0.6 is 34.8 Å². The quantitative estimate of drug-likeness (QED) is 0.472. The second-order valence-electron chi connectivity index (χ2n) is 5.36. The van der Waals surface area contributed by atoms with Crippen molar-refractivity contribution < 1.29 is 19.1 Å². The molecule has 3 heterocycles. The number of nitrogens with zero attached hydrogens (tertiary/aromatic N) is 2. The molecule has 2 aliphatic heterocycles. The van der Waals surface area contributed by atoms with Gasteiger partial charge in [0.2, 0.25) is 6.23 Å². The van der Waals surface area contributed by atoms with Crippen LogP contribution in [0, 0.1) is 0 Å². The molecule has 2 amide bonds. The topological polar surface area (TPSA) is 80.6 Å². The molecule has 0 spiro atoms. The molecule has 0 radical (unpaired) electrons. The van der Waals surface area contributed by atoms with E-state index in [0.717, 1.165) is 0 Å². The normalized spacial score (nSPS) is 25.2. The summed E-state index contributed by atoms with van der Waals surface area (Å²) in [5, 5.41) is 2.54. The first-order chi connectivity index (χ1) is 11.2. The molecule has 1 N–H and O–H groups in total. The predicted molar refractivity (Wildman–Crippen MR) is 86.6 cm³/mol. The fourth-order valence-electron chi connectivity index (χ4n) is 2.90.